The quantitative estimate of drug-likeness (QED) is 0.681. The van der Waals surface area contributed by atoms with Gasteiger partial charge in [0.25, 0.3) is 0 Å². The number of hydrogen-bond acceptors (Lipinski definition) is 2. The van der Waals surface area contributed by atoms with E-state index < -0.39 is 0 Å². The van der Waals surface area contributed by atoms with Gasteiger partial charge in [0, 0.05) is 44.1 Å². The molecule has 2 atom stereocenters. The molecule has 1 aromatic rings. The Balaban J connectivity index is 1.65. The number of aryl methyl sites for hydroxylation is 1. The highest BCUT2D eigenvalue weighted by molar-refractivity contribution is 5.80. The van der Waals surface area contributed by atoms with E-state index in [0.29, 0.717) is 11.3 Å². The van der Waals surface area contributed by atoms with Crippen molar-refractivity contribution in [3.05, 3.63) is 35.4 Å². The maximum absolute atomic E-state index is 5.65. The molecule has 2 aliphatic heterocycles. The van der Waals surface area contributed by atoms with Crippen molar-refractivity contribution in [2.45, 2.75) is 39.5 Å². The van der Waals surface area contributed by atoms with Crippen LogP contribution in [0.3, 0.4) is 0 Å². The fourth-order valence-electron chi connectivity index (χ4n) is 3.82. The lowest BCUT2D eigenvalue weighted by Gasteiger charge is -2.25. The van der Waals surface area contributed by atoms with Crippen LogP contribution in [0.5, 0.6) is 0 Å². The molecule has 4 heteroatoms. The van der Waals surface area contributed by atoms with E-state index in [1.807, 2.05) is 0 Å². The van der Waals surface area contributed by atoms with E-state index >= 15 is 0 Å². The Bertz CT molecular complexity index is 578. The molecule has 2 heterocycles. The summed E-state index contributed by atoms with van der Waals surface area (Å²) < 4.78 is 5.65. The van der Waals surface area contributed by atoms with Gasteiger partial charge in [-0.15, -0.1) is 0 Å². The van der Waals surface area contributed by atoms with Crippen molar-refractivity contribution in [3.63, 3.8) is 0 Å². The predicted molar refractivity (Wildman–Crippen MR) is 99.6 cm³/mol. The van der Waals surface area contributed by atoms with Crippen LogP contribution in [-0.2, 0) is 4.74 Å². The molecule has 0 aliphatic carbocycles. The number of rotatable bonds is 4. The maximum atomic E-state index is 5.65. The lowest BCUT2D eigenvalue weighted by atomic mass is 9.87. The zero-order valence-electron chi connectivity index (χ0n) is 15.3. The van der Waals surface area contributed by atoms with Gasteiger partial charge >= 0.3 is 0 Å². The SMILES string of the molecule is CCNC(=NCC(C)c1cccc(C)c1)N1CCC2(CCOC2)C1. The van der Waals surface area contributed by atoms with Crippen LogP contribution in [0.1, 0.15) is 43.7 Å². The Hall–Kier alpha value is -1.55. The van der Waals surface area contributed by atoms with Crippen molar-refractivity contribution in [1.82, 2.24) is 10.2 Å². The van der Waals surface area contributed by atoms with Crippen LogP contribution < -0.4 is 5.32 Å². The standard InChI is InChI=1S/C20H31N3O/c1-4-21-19(23-10-8-20(14-23)9-11-24-15-20)22-13-17(3)18-7-5-6-16(2)12-18/h5-7,12,17H,4,8-11,13-15H2,1-3H3,(H,21,22). The first-order chi connectivity index (χ1) is 11.6. The summed E-state index contributed by atoms with van der Waals surface area (Å²) in [7, 11) is 0. The number of nitrogens with zero attached hydrogens (tertiary/aromatic N) is 2. The van der Waals surface area contributed by atoms with E-state index in [-0.39, 0.29) is 0 Å². The molecular weight excluding hydrogens is 298 g/mol. The molecule has 0 radical (unpaired) electrons. The largest absolute Gasteiger partial charge is 0.381 e. The number of ether oxygens (including phenoxy) is 1. The molecule has 1 spiro atoms. The van der Waals surface area contributed by atoms with E-state index in [0.717, 1.165) is 45.4 Å². The van der Waals surface area contributed by atoms with Gasteiger partial charge in [-0.2, -0.15) is 0 Å². The fraction of sp³-hybridized carbons (Fsp3) is 0.650. The first-order valence-electron chi connectivity index (χ1n) is 9.29. The van der Waals surface area contributed by atoms with Crippen molar-refractivity contribution in [2.24, 2.45) is 10.4 Å². The Morgan fingerprint density at radius 2 is 2.29 bits per heavy atom. The lowest BCUT2D eigenvalue weighted by molar-refractivity contribution is 0.156. The molecule has 24 heavy (non-hydrogen) atoms. The number of guanidine groups is 1. The van der Waals surface area contributed by atoms with Crippen LogP contribution >= 0.6 is 0 Å². The zero-order chi connectivity index (χ0) is 17.0. The van der Waals surface area contributed by atoms with Crippen molar-refractivity contribution >= 4 is 5.96 Å². The monoisotopic (exact) mass is 329 g/mol. The van der Waals surface area contributed by atoms with Crippen LogP contribution in [-0.4, -0.2) is 50.3 Å². The average Bonchev–Trinajstić information content (AvgIpc) is 3.21. The summed E-state index contributed by atoms with van der Waals surface area (Å²) in [5.74, 6) is 1.51. The zero-order valence-corrected chi connectivity index (χ0v) is 15.3. The summed E-state index contributed by atoms with van der Waals surface area (Å²) in [6, 6.07) is 8.77. The second kappa shape index (κ2) is 7.56. The summed E-state index contributed by atoms with van der Waals surface area (Å²) >= 11 is 0. The minimum absolute atomic E-state index is 0.373. The molecule has 2 fully saturated rings. The van der Waals surface area contributed by atoms with Gasteiger partial charge in [0.2, 0.25) is 0 Å². The third-order valence-corrected chi connectivity index (χ3v) is 5.38. The predicted octanol–water partition coefficient (Wildman–Crippen LogP) is 3.18. The van der Waals surface area contributed by atoms with E-state index in [1.165, 1.54) is 24.0 Å². The Morgan fingerprint density at radius 3 is 3.00 bits per heavy atom. The number of aliphatic imine (C=N–C) groups is 1. The van der Waals surface area contributed by atoms with E-state index in [4.69, 9.17) is 9.73 Å². The number of likely N-dealkylation sites (tertiary alicyclic amines) is 1. The lowest BCUT2D eigenvalue weighted by Crippen LogP contribution is -2.41. The van der Waals surface area contributed by atoms with Gasteiger partial charge < -0.3 is 15.0 Å². The van der Waals surface area contributed by atoms with Gasteiger partial charge in [0.05, 0.1) is 6.61 Å². The molecule has 2 saturated heterocycles. The molecule has 1 aromatic carbocycles. The fourth-order valence-corrected chi connectivity index (χ4v) is 3.82. The van der Waals surface area contributed by atoms with Gasteiger partial charge in [0.1, 0.15) is 0 Å². The number of nitrogens with one attached hydrogen (secondary N) is 1. The number of benzene rings is 1. The van der Waals surface area contributed by atoms with Crippen molar-refractivity contribution in [2.75, 3.05) is 39.4 Å². The topological polar surface area (TPSA) is 36.9 Å². The van der Waals surface area contributed by atoms with Gasteiger partial charge in [0.15, 0.2) is 5.96 Å². The van der Waals surface area contributed by atoms with E-state index in [9.17, 15) is 0 Å². The molecule has 4 nitrogen and oxygen atoms in total. The number of hydrogen-bond donors (Lipinski definition) is 1. The van der Waals surface area contributed by atoms with Crippen molar-refractivity contribution in [3.8, 4) is 0 Å². The molecule has 0 aromatic heterocycles. The molecule has 132 valence electrons. The molecule has 0 saturated carbocycles. The molecule has 0 bridgehead atoms. The summed E-state index contributed by atoms with van der Waals surface area (Å²) in [6.07, 6.45) is 2.42. The third kappa shape index (κ3) is 3.92. The Morgan fingerprint density at radius 1 is 1.42 bits per heavy atom. The highest BCUT2D eigenvalue weighted by atomic mass is 16.5. The third-order valence-electron chi connectivity index (χ3n) is 5.38. The second-order valence-corrected chi connectivity index (χ2v) is 7.48. The maximum Gasteiger partial charge on any atom is 0.193 e. The minimum atomic E-state index is 0.373. The molecule has 2 aliphatic rings. The highest BCUT2D eigenvalue weighted by Crippen LogP contribution is 2.38. The first kappa shape index (κ1) is 17.3. The normalized spacial score (nSPS) is 25.5. The smallest absolute Gasteiger partial charge is 0.193 e. The summed E-state index contributed by atoms with van der Waals surface area (Å²) in [4.78, 5) is 7.38. The van der Waals surface area contributed by atoms with Crippen LogP contribution in [0.15, 0.2) is 29.3 Å². The van der Waals surface area contributed by atoms with Gasteiger partial charge in [-0.1, -0.05) is 36.8 Å². The van der Waals surface area contributed by atoms with Crippen LogP contribution in [0.25, 0.3) is 0 Å². The van der Waals surface area contributed by atoms with Crippen LogP contribution in [0.2, 0.25) is 0 Å². The van der Waals surface area contributed by atoms with Crippen LogP contribution in [0.4, 0.5) is 0 Å². The molecule has 2 unspecified atom stereocenters. The summed E-state index contributed by atoms with van der Waals surface area (Å²) in [5, 5.41) is 3.48. The average molecular weight is 329 g/mol. The second-order valence-electron chi connectivity index (χ2n) is 7.48. The molecule has 0 amide bonds. The van der Waals surface area contributed by atoms with E-state index in [2.05, 4.69) is 55.3 Å². The van der Waals surface area contributed by atoms with Crippen LogP contribution in [0, 0.1) is 12.3 Å². The summed E-state index contributed by atoms with van der Waals surface area (Å²) in [5.41, 5.74) is 3.06. The Labute approximate surface area is 146 Å². The van der Waals surface area contributed by atoms with Crippen molar-refractivity contribution < 1.29 is 4.74 Å². The molecule has 3 rings (SSSR count). The first-order valence-corrected chi connectivity index (χ1v) is 9.29. The van der Waals surface area contributed by atoms with Gasteiger partial charge in [-0.05, 0) is 32.3 Å². The van der Waals surface area contributed by atoms with Gasteiger partial charge in [-0.3, -0.25) is 4.99 Å². The minimum Gasteiger partial charge on any atom is -0.381 e. The molecular formula is C20H31N3O. The van der Waals surface area contributed by atoms with E-state index in [1.54, 1.807) is 0 Å². The van der Waals surface area contributed by atoms with Crippen molar-refractivity contribution in [1.29, 1.82) is 0 Å². The molecule has 1 N–H and O–H groups in total. The summed E-state index contributed by atoms with van der Waals surface area (Å²) in [6.45, 7) is 12.3. The Kier molecular flexibility index (Phi) is 5.44. The van der Waals surface area contributed by atoms with Gasteiger partial charge in [-0.25, -0.2) is 0 Å². The highest BCUT2D eigenvalue weighted by Gasteiger charge is 2.42.